The van der Waals surface area contributed by atoms with Crippen molar-refractivity contribution in [3.05, 3.63) is 0 Å². The van der Waals surface area contributed by atoms with Crippen LogP contribution in [0.3, 0.4) is 0 Å². The third kappa shape index (κ3) is 3.80. The van der Waals surface area contributed by atoms with Crippen LogP contribution in [0.25, 0.3) is 0 Å². The molecule has 0 spiro atoms. The molecule has 1 atom stereocenters. The molecule has 0 aromatic rings. The standard InChI is InChI=1S/C7H15NOS/c1-3-5-6(8)7(10)9-4-2/h6H,3-5,8H2,1-2H3. The van der Waals surface area contributed by atoms with Crippen molar-refractivity contribution in [2.75, 3.05) is 6.61 Å². The average molecular weight is 161 g/mol. The molecule has 0 bridgehead atoms. The zero-order valence-electron chi connectivity index (χ0n) is 6.59. The summed E-state index contributed by atoms with van der Waals surface area (Å²) in [6.45, 7) is 4.61. The minimum Gasteiger partial charge on any atom is -0.486 e. The van der Waals surface area contributed by atoms with Crippen LogP contribution in [0.15, 0.2) is 0 Å². The Balaban J connectivity index is 3.49. The average Bonchev–Trinajstić information content (AvgIpc) is 1.89. The Bertz CT molecular complexity index is 106. The lowest BCUT2D eigenvalue weighted by Gasteiger charge is -2.11. The van der Waals surface area contributed by atoms with Gasteiger partial charge in [-0.25, -0.2) is 0 Å². The fourth-order valence-corrected chi connectivity index (χ4v) is 0.914. The van der Waals surface area contributed by atoms with Gasteiger partial charge in [-0.05, 0) is 25.6 Å². The molecule has 2 nitrogen and oxygen atoms in total. The van der Waals surface area contributed by atoms with Crippen LogP contribution in [0.2, 0.25) is 0 Å². The Morgan fingerprint density at radius 3 is 2.60 bits per heavy atom. The van der Waals surface area contributed by atoms with Gasteiger partial charge in [0.05, 0.1) is 12.6 Å². The fourth-order valence-electron chi connectivity index (χ4n) is 0.678. The Kier molecular flexibility index (Phi) is 5.54. The van der Waals surface area contributed by atoms with E-state index in [0.717, 1.165) is 12.8 Å². The Hall–Kier alpha value is -0.150. The molecule has 0 aliphatic rings. The number of thiocarbonyl (C=S) groups is 1. The van der Waals surface area contributed by atoms with Gasteiger partial charge in [-0.15, -0.1) is 0 Å². The van der Waals surface area contributed by atoms with Crippen LogP contribution < -0.4 is 5.73 Å². The Morgan fingerprint density at radius 2 is 2.20 bits per heavy atom. The lowest BCUT2D eigenvalue weighted by Crippen LogP contribution is -2.30. The molecule has 2 N–H and O–H groups in total. The van der Waals surface area contributed by atoms with E-state index < -0.39 is 0 Å². The summed E-state index contributed by atoms with van der Waals surface area (Å²) in [6, 6.07) is -0.0556. The highest BCUT2D eigenvalue weighted by molar-refractivity contribution is 7.80. The van der Waals surface area contributed by atoms with Crippen LogP contribution in [0.5, 0.6) is 0 Å². The highest BCUT2D eigenvalue weighted by Crippen LogP contribution is 1.97. The largest absolute Gasteiger partial charge is 0.486 e. The van der Waals surface area contributed by atoms with E-state index in [9.17, 15) is 0 Å². The van der Waals surface area contributed by atoms with E-state index in [1.54, 1.807) is 0 Å². The molecule has 0 aromatic carbocycles. The maximum atomic E-state index is 5.65. The second-order valence-electron chi connectivity index (χ2n) is 2.15. The molecule has 0 amide bonds. The minimum absolute atomic E-state index is 0.0556. The summed E-state index contributed by atoms with van der Waals surface area (Å²) in [7, 11) is 0. The number of ether oxygens (including phenoxy) is 1. The maximum absolute atomic E-state index is 5.65. The molecular weight excluding hydrogens is 146 g/mol. The van der Waals surface area contributed by atoms with Gasteiger partial charge in [0.15, 0.2) is 5.05 Å². The van der Waals surface area contributed by atoms with Crippen LogP contribution in [-0.2, 0) is 4.74 Å². The molecule has 60 valence electrons. The summed E-state index contributed by atoms with van der Waals surface area (Å²) in [5.74, 6) is 0. The topological polar surface area (TPSA) is 35.2 Å². The molecule has 0 saturated carbocycles. The second kappa shape index (κ2) is 5.62. The highest BCUT2D eigenvalue weighted by Gasteiger charge is 2.07. The minimum atomic E-state index is -0.0556. The summed E-state index contributed by atoms with van der Waals surface area (Å²) in [6.07, 6.45) is 1.97. The lowest BCUT2D eigenvalue weighted by atomic mass is 10.2. The molecule has 0 saturated heterocycles. The van der Waals surface area contributed by atoms with Crippen LogP contribution in [-0.4, -0.2) is 17.7 Å². The first-order valence-electron chi connectivity index (χ1n) is 3.64. The monoisotopic (exact) mass is 161 g/mol. The van der Waals surface area contributed by atoms with E-state index >= 15 is 0 Å². The van der Waals surface area contributed by atoms with Crippen molar-refractivity contribution in [2.45, 2.75) is 32.7 Å². The van der Waals surface area contributed by atoms with Gasteiger partial charge in [-0.2, -0.15) is 0 Å². The summed E-state index contributed by atoms with van der Waals surface area (Å²) >= 11 is 4.89. The zero-order chi connectivity index (χ0) is 7.98. The quantitative estimate of drug-likeness (QED) is 0.634. The first-order chi connectivity index (χ1) is 4.72. The molecule has 1 unspecified atom stereocenters. The third-order valence-electron chi connectivity index (χ3n) is 1.19. The summed E-state index contributed by atoms with van der Waals surface area (Å²) in [5, 5.41) is 0.546. The van der Waals surface area contributed by atoms with Gasteiger partial charge in [0.1, 0.15) is 0 Å². The van der Waals surface area contributed by atoms with E-state index in [1.807, 2.05) is 6.92 Å². The number of rotatable bonds is 4. The van der Waals surface area contributed by atoms with E-state index in [-0.39, 0.29) is 6.04 Å². The SMILES string of the molecule is CCCC(N)C(=S)OCC. The first-order valence-corrected chi connectivity index (χ1v) is 4.05. The second-order valence-corrected chi connectivity index (χ2v) is 2.55. The van der Waals surface area contributed by atoms with Crippen LogP contribution in [0.4, 0.5) is 0 Å². The maximum Gasteiger partial charge on any atom is 0.176 e. The molecule has 0 heterocycles. The van der Waals surface area contributed by atoms with Crippen LogP contribution in [0, 0.1) is 0 Å². The number of nitrogens with two attached hydrogens (primary N) is 1. The van der Waals surface area contributed by atoms with Crippen molar-refractivity contribution in [2.24, 2.45) is 5.73 Å². The molecule has 0 aromatic heterocycles. The predicted molar refractivity (Wildman–Crippen MR) is 47.1 cm³/mol. The number of hydrogen-bond donors (Lipinski definition) is 1. The molecule has 0 rings (SSSR count). The summed E-state index contributed by atoms with van der Waals surface area (Å²) < 4.78 is 5.06. The first kappa shape index (κ1) is 9.85. The van der Waals surface area contributed by atoms with E-state index in [4.69, 9.17) is 22.7 Å². The van der Waals surface area contributed by atoms with Gasteiger partial charge in [0, 0.05) is 0 Å². The molecule has 0 fully saturated rings. The van der Waals surface area contributed by atoms with E-state index in [1.165, 1.54) is 0 Å². The van der Waals surface area contributed by atoms with Gasteiger partial charge in [-0.3, -0.25) is 0 Å². The Morgan fingerprint density at radius 1 is 1.60 bits per heavy atom. The van der Waals surface area contributed by atoms with Crippen LogP contribution in [0.1, 0.15) is 26.7 Å². The van der Waals surface area contributed by atoms with Crippen molar-refractivity contribution in [3.8, 4) is 0 Å². The van der Waals surface area contributed by atoms with Crippen molar-refractivity contribution < 1.29 is 4.74 Å². The van der Waals surface area contributed by atoms with E-state index in [0.29, 0.717) is 11.7 Å². The normalized spacial score (nSPS) is 12.7. The predicted octanol–water partition coefficient (Wildman–Crippen LogP) is 1.48. The fraction of sp³-hybridized carbons (Fsp3) is 0.857. The zero-order valence-corrected chi connectivity index (χ0v) is 7.41. The van der Waals surface area contributed by atoms with Crippen molar-refractivity contribution in [3.63, 3.8) is 0 Å². The molecule has 0 aliphatic carbocycles. The molecule has 3 heteroatoms. The van der Waals surface area contributed by atoms with Gasteiger partial charge >= 0.3 is 0 Å². The van der Waals surface area contributed by atoms with Gasteiger partial charge in [0.2, 0.25) is 0 Å². The van der Waals surface area contributed by atoms with E-state index in [2.05, 4.69) is 6.92 Å². The van der Waals surface area contributed by atoms with Gasteiger partial charge in [-0.1, -0.05) is 13.3 Å². The highest BCUT2D eigenvalue weighted by atomic mass is 32.1. The van der Waals surface area contributed by atoms with Gasteiger partial charge < -0.3 is 10.5 Å². The summed E-state index contributed by atoms with van der Waals surface area (Å²) in [5.41, 5.74) is 5.65. The molecular formula is C7H15NOS. The molecule has 0 radical (unpaired) electrons. The molecule has 10 heavy (non-hydrogen) atoms. The van der Waals surface area contributed by atoms with Crippen molar-refractivity contribution in [1.29, 1.82) is 0 Å². The smallest absolute Gasteiger partial charge is 0.176 e. The molecule has 0 aliphatic heterocycles. The lowest BCUT2D eigenvalue weighted by molar-refractivity contribution is 0.319. The van der Waals surface area contributed by atoms with Gasteiger partial charge in [0.25, 0.3) is 0 Å². The van der Waals surface area contributed by atoms with Crippen LogP contribution >= 0.6 is 12.2 Å². The Labute approximate surface area is 67.7 Å². The summed E-state index contributed by atoms with van der Waals surface area (Å²) in [4.78, 5) is 0. The van der Waals surface area contributed by atoms with Crippen molar-refractivity contribution in [1.82, 2.24) is 0 Å². The number of hydrogen-bond acceptors (Lipinski definition) is 3. The van der Waals surface area contributed by atoms with Crippen molar-refractivity contribution >= 4 is 17.3 Å². The third-order valence-corrected chi connectivity index (χ3v) is 1.61.